The summed E-state index contributed by atoms with van der Waals surface area (Å²) in [6, 6.07) is 17.4. The van der Waals surface area contributed by atoms with E-state index >= 15 is 0 Å². The summed E-state index contributed by atoms with van der Waals surface area (Å²) in [5, 5.41) is 3.60. The van der Waals surface area contributed by atoms with Gasteiger partial charge in [-0.15, -0.1) is 0 Å². The highest BCUT2D eigenvalue weighted by Crippen LogP contribution is 2.31. The fourth-order valence-corrected chi connectivity index (χ4v) is 2.92. The zero-order valence-electron chi connectivity index (χ0n) is 12.7. The van der Waals surface area contributed by atoms with E-state index in [1.807, 2.05) is 0 Å². The van der Waals surface area contributed by atoms with Crippen molar-refractivity contribution in [3.05, 3.63) is 59.7 Å². The Morgan fingerprint density at radius 1 is 1.14 bits per heavy atom. The Kier molecular flexibility index (Phi) is 4.11. The number of nitrogens with one attached hydrogen (secondary N) is 1. The minimum atomic E-state index is 0.366. The predicted molar refractivity (Wildman–Crippen MR) is 87.1 cm³/mol. The van der Waals surface area contributed by atoms with Crippen LogP contribution in [0.1, 0.15) is 17.2 Å². The van der Waals surface area contributed by atoms with Crippen LogP contribution in [0.3, 0.4) is 0 Å². The van der Waals surface area contributed by atoms with E-state index in [0.717, 1.165) is 25.4 Å². The van der Waals surface area contributed by atoms with Crippen molar-refractivity contribution in [2.45, 2.75) is 13.0 Å². The van der Waals surface area contributed by atoms with Crippen molar-refractivity contribution in [3.8, 4) is 5.75 Å². The summed E-state index contributed by atoms with van der Waals surface area (Å²) >= 11 is 0. The molecule has 2 aromatic carbocycles. The standard InChI is InChI=1S/C18H22N2O/c1-14-8-9-18(21-2)17(12-14)20-11-10-19-16(13-20)15-6-4-3-5-7-15/h3-9,12,16,19H,10-11,13H2,1-2H3. The maximum atomic E-state index is 5.53. The lowest BCUT2D eigenvalue weighted by molar-refractivity contribution is 0.408. The van der Waals surface area contributed by atoms with Gasteiger partial charge in [-0.05, 0) is 30.2 Å². The van der Waals surface area contributed by atoms with E-state index in [1.165, 1.54) is 16.8 Å². The van der Waals surface area contributed by atoms with Crippen LogP contribution < -0.4 is 15.0 Å². The summed E-state index contributed by atoms with van der Waals surface area (Å²) in [5.41, 5.74) is 3.80. The molecule has 1 unspecified atom stereocenters. The van der Waals surface area contributed by atoms with Crippen molar-refractivity contribution in [2.24, 2.45) is 0 Å². The summed E-state index contributed by atoms with van der Waals surface area (Å²) < 4.78 is 5.53. The third kappa shape index (κ3) is 3.03. The molecule has 2 aromatic rings. The largest absolute Gasteiger partial charge is 0.495 e. The van der Waals surface area contributed by atoms with Gasteiger partial charge in [0.2, 0.25) is 0 Å². The third-order valence-electron chi connectivity index (χ3n) is 4.05. The molecule has 3 rings (SSSR count). The first kappa shape index (κ1) is 14.0. The number of nitrogens with zero attached hydrogens (tertiary/aromatic N) is 1. The van der Waals surface area contributed by atoms with E-state index in [-0.39, 0.29) is 0 Å². The van der Waals surface area contributed by atoms with Crippen molar-refractivity contribution >= 4 is 5.69 Å². The number of hydrogen-bond donors (Lipinski definition) is 1. The SMILES string of the molecule is COc1ccc(C)cc1N1CCNC(c2ccccc2)C1. The molecule has 1 saturated heterocycles. The number of methoxy groups -OCH3 is 1. The second-order valence-electron chi connectivity index (χ2n) is 5.54. The zero-order valence-corrected chi connectivity index (χ0v) is 12.7. The fraction of sp³-hybridized carbons (Fsp3) is 0.333. The molecule has 0 amide bonds. The van der Waals surface area contributed by atoms with Crippen molar-refractivity contribution in [3.63, 3.8) is 0 Å². The van der Waals surface area contributed by atoms with E-state index < -0.39 is 0 Å². The molecule has 0 saturated carbocycles. The number of anilines is 1. The first-order valence-electron chi connectivity index (χ1n) is 7.46. The number of benzene rings is 2. The Hall–Kier alpha value is -2.00. The second-order valence-corrected chi connectivity index (χ2v) is 5.54. The quantitative estimate of drug-likeness (QED) is 0.936. The molecular weight excluding hydrogens is 260 g/mol. The van der Waals surface area contributed by atoms with E-state index in [1.54, 1.807) is 7.11 Å². The minimum absolute atomic E-state index is 0.366. The van der Waals surface area contributed by atoms with Crippen LogP contribution in [-0.2, 0) is 0 Å². The molecule has 1 aliphatic rings. The van der Waals surface area contributed by atoms with Gasteiger partial charge >= 0.3 is 0 Å². The van der Waals surface area contributed by atoms with Gasteiger partial charge in [-0.1, -0.05) is 36.4 Å². The monoisotopic (exact) mass is 282 g/mol. The highest BCUT2D eigenvalue weighted by molar-refractivity contribution is 5.60. The Bertz CT molecular complexity index is 597. The lowest BCUT2D eigenvalue weighted by Crippen LogP contribution is -2.46. The van der Waals surface area contributed by atoms with Crippen LogP contribution in [0.15, 0.2) is 48.5 Å². The molecule has 0 aliphatic carbocycles. The molecule has 0 bridgehead atoms. The number of piperazine rings is 1. The maximum Gasteiger partial charge on any atom is 0.142 e. The fourth-order valence-electron chi connectivity index (χ4n) is 2.92. The Labute approximate surface area is 126 Å². The highest BCUT2D eigenvalue weighted by atomic mass is 16.5. The summed E-state index contributed by atoms with van der Waals surface area (Å²) in [4.78, 5) is 2.42. The average molecular weight is 282 g/mol. The number of rotatable bonds is 3. The average Bonchev–Trinajstić information content (AvgIpc) is 2.56. The van der Waals surface area contributed by atoms with Crippen LogP contribution in [0.25, 0.3) is 0 Å². The van der Waals surface area contributed by atoms with Gasteiger partial charge in [0.1, 0.15) is 5.75 Å². The number of hydrogen-bond acceptors (Lipinski definition) is 3. The first-order chi connectivity index (χ1) is 10.3. The number of ether oxygens (including phenoxy) is 1. The third-order valence-corrected chi connectivity index (χ3v) is 4.05. The Morgan fingerprint density at radius 2 is 1.95 bits per heavy atom. The highest BCUT2D eigenvalue weighted by Gasteiger charge is 2.22. The molecule has 0 aromatic heterocycles. The van der Waals surface area contributed by atoms with Crippen molar-refractivity contribution in [2.75, 3.05) is 31.6 Å². The van der Waals surface area contributed by atoms with Crippen LogP contribution in [-0.4, -0.2) is 26.7 Å². The van der Waals surface area contributed by atoms with E-state index in [9.17, 15) is 0 Å². The Morgan fingerprint density at radius 3 is 2.71 bits per heavy atom. The molecule has 110 valence electrons. The first-order valence-corrected chi connectivity index (χ1v) is 7.46. The van der Waals surface area contributed by atoms with Gasteiger partial charge in [0.25, 0.3) is 0 Å². The molecule has 0 spiro atoms. The van der Waals surface area contributed by atoms with Crippen molar-refractivity contribution in [1.82, 2.24) is 5.32 Å². The summed E-state index contributed by atoms with van der Waals surface area (Å²) in [6.45, 7) is 5.07. The lowest BCUT2D eigenvalue weighted by atomic mass is 10.0. The van der Waals surface area contributed by atoms with Gasteiger partial charge in [0.15, 0.2) is 0 Å². The summed E-state index contributed by atoms with van der Waals surface area (Å²) in [5.74, 6) is 0.953. The van der Waals surface area contributed by atoms with Gasteiger partial charge in [-0.25, -0.2) is 0 Å². The smallest absolute Gasteiger partial charge is 0.142 e. The maximum absolute atomic E-state index is 5.53. The summed E-state index contributed by atoms with van der Waals surface area (Å²) in [6.07, 6.45) is 0. The Balaban J connectivity index is 1.85. The van der Waals surface area contributed by atoms with E-state index in [2.05, 4.69) is 65.7 Å². The van der Waals surface area contributed by atoms with Gasteiger partial charge in [0, 0.05) is 25.7 Å². The second kappa shape index (κ2) is 6.19. The van der Waals surface area contributed by atoms with Crippen LogP contribution in [0.5, 0.6) is 5.75 Å². The number of aryl methyl sites for hydroxylation is 1. The zero-order chi connectivity index (χ0) is 14.7. The predicted octanol–water partition coefficient (Wildman–Crippen LogP) is 3.15. The van der Waals surface area contributed by atoms with E-state index in [0.29, 0.717) is 6.04 Å². The van der Waals surface area contributed by atoms with Crippen LogP contribution in [0.2, 0.25) is 0 Å². The van der Waals surface area contributed by atoms with E-state index in [4.69, 9.17) is 4.74 Å². The van der Waals surface area contributed by atoms with Crippen LogP contribution in [0.4, 0.5) is 5.69 Å². The molecular formula is C18H22N2O. The minimum Gasteiger partial charge on any atom is -0.495 e. The molecule has 3 nitrogen and oxygen atoms in total. The van der Waals surface area contributed by atoms with Gasteiger partial charge in [-0.2, -0.15) is 0 Å². The van der Waals surface area contributed by atoms with Crippen molar-refractivity contribution in [1.29, 1.82) is 0 Å². The molecule has 1 aliphatic heterocycles. The summed E-state index contributed by atoms with van der Waals surface area (Å²) in [7, 11) is 1.74. The molecule has 21 heavy (non-hydrogen) atoms. The van der Waals surface area contributed by atoms with Crippen LogP contribution in [0, 0.1) is 6.92 Å². The van der Waals surface area contributed by atoms with Gasteiger partial charge in [0.05, 0.1) is 12.8 Å². The van der Waals surface area contributed by atoms with Gasteiger partial charge in [-0.3, -0.25) is 0 Å². The molecule has 1 atom stereocenters. The normalized spacial score (nSPS) is 18.6. The van der Waals surface area contributed by atoms with Crippen molar-refractivity contribution < 1.29 is 4.74 Å². The van der Waals surface area contributed by atoms with Crippen LogP contribution >= 0.6 is 0 Å². The molecule has 0 radical (unpaired) electrons. The molecule has 1 N–H and O–H groups in total. The topological polar surface area (TPSA) is 24.5 Å². The lowest BCUT2D eigenvalue weighted by Gasteiger charge is -2.36. The molecule has 3 heteroatoms. The molecule has 1 fully saturated rings. The van der Waals surface area contributed by atoms with Gasteiger partial charge < -0.3 is 15.0 Å². The molecule has 1 heterocycles.